The standard InChI is InChI=1S/C15H19N3O/c1-10-7-8-11-5-4-6-12(13(11)18-10)14(19)17-9-15(2,3)16/h4-8H,9,16H2,1-3H3,(H,17,19). The van der Waals surface area contributed by atoms with E-state index >= 15 is 0 Å². The number of hydrogen-bond acceptors (Lipinski definition) is 3. The number of fused-ring (bicyclic) bond motifs is 1. The Hall–Kier alpha value is -1.94. The minimum atomic E-state index is -0.427. The number of pyridine rings is 1. The number of benzene rings is 1. The molecule has 0 radical (unpaired) electrons. The third kappa shape index (κ3) is 3.29. The number of carbonyl (C=O) groups is 1. The molecule has 0 atom stereocenters. The van der Waals surface area contributed by atoms with Gasteiger partial charge >= 0.3 is 0 Å². The maximum absolute atomic E-state index is 12.2. The number of amides is 1. The van der Waals surface area contributed by atoms with Crippen molar-refractivity contribution in [1.29, 1.82) is 0 Å². The quantitative estimate of drug-likeness (QED) is 0.883. The topological polar surface area (TPSA) is 68.0 Å². The van der Waals surface area contributed by atoms with Gasteiger partial charge in [0.2, 0.25) is 0 Å². The zero-order valence-corrected chi connectivity index (χ0v) is 11.5. The third-order valence-corrected chi connectivity index (χ3v) is 2.81. The Morgan fingerprint density at radius 3 is 2.74 bits per heavy atom. The van der Waals surface area contributed by atoms with Crippen molar-refractivity contribution in [3.8, 4) is 0 Å². The molecule has 0 bridgehead atoms. The van der Waals surface area contributed by atoms with Crippen LogP contribution in [0.15, 0.2) is 30.3 Å². The van der Waals surface area contributed by atoms with E-state index in [2.05, 4.69) is 10.3 Å². The fraction of sp³-hybridized carbons (Fsp3) is 0.333. The summed E-state index contributed by atoms with van der Waals surface area (Å²) in [6, 6.07) is 9.51. The number of nitrogens with zero attached hydrogens (tertiary/aromatic N) is 1. The number of rotatable bonds is 3. The van der Waals surface area contributed by atoms with Gasteiger partial charge in [0.1, 0.15) is 0 Å². The van der Waals surface area contributed by atoms with Crippen LogP contribution in [-0.4, -0.2) is 23.0 Å². The van der Waals surface area contributed by atoms with Crippen LogP contribution in [0.4, 0.5) is 0 Å². The molecular weight excluding hydrogens is 238 g/mol. The van der Waals surface area contributed by atoms with E-state index in [9.17, 15) is 4.79 Å². The second-order valence-electron chi connectivity index (χ2n) is 5.50. The molecule has 2 aromatic rings. The molecule has 100 valence electrons. The first kappa shape index (κ1) is 13.5. The minimum absolute atomic E-state index is 0.137. The highest BCUT2D eigenvalue weighted by Gasteiger charge is 2.15. The van der Waals surface area contributed by atoms with E-state index in [1.807, 2.05) is 45.0 Å². The highest BCUT2D eigenvalue weighted by molar-refractivity contribution is 6.05. The lowest BCUT2D eigenvalue weighted by Gasteiger charge is -2.19. The van der Waals surface area contributed by atoms with Crippen molar-refractivity contribution in [1.82, 2.24) is 10.3 Å². The van der Waals surface area contributed by atoms with Crippen molar-refractivity contribution in [2.75, 3.05) is 6.54 Å². The summed E-state index contributed by atoms with van der Waals surface area (Å²) in [5.41, 5.74) is 7.66. The first-order valence-corrected chi connectivity index (χ1v) is 6.30. The lowest BCUT2D eigenvalue weighted by Crippen LogP contribution is -2.45. The number of nitrogens with one attached hydrogen (secondary N) is 1. The molecule has 0 aliphatic rings. The van der Waals surface area contributed by atoms with E-state index in [0.29, 0.717) is 12.1 Å². The van der Waals surface area contributed by atoms with Gasteiger partial charge in [-0.15, -0.1) is 0 Å². The summed E-state index contributed by atoms with van der Waals surface area (Å²) in [6.07, 6.45) is 0. The predicted octanol–water partition coefficient (Wildman–Crippen LogP) is 2.01. The van der Waals surface area contributed by atoms with Crippen molar-refractivity contribution in [2.24, 2.45) is 5.73 Å². The third-order valence-electron chi connectivity index (χ3n) is 2.81. The van der Waals surface area contributed by atoms with E-state index < -0.39 is 5.54 Å². The lowest BCUT2D eigenvalue weighted by atomic mass is 10.1. The summed E-state index contributed by atoms with van der Waals surface area (Å²) in [4.78, 5) is 16.7. The lowest BCUT2D eigenvalue weighted by molar-refractivity contribution is 0.0947. The van der Waals surface area contributed by atoms with E-state index in [1.54, 1.807) is 6.07 Å². The molecule has 0 aliphatic carbocycles. The molecule has 3 N–H and O–H groups in total. The van der Waals surface area contributed by atoms with Crippen LogP contribution in [0.1, 0.15) is 29.9 Å². The number of aromatic nitrogens is 1. The van der Waals surface area contributed by atoms with Crippen molar-refractivity contribution < 1.29 is 4.79 Å². The summed E-state index contributed by atoms with van der Waals surface area (Å²) >= 11 is 0. The molecule has 0 saturated carbocycles. The van der Waals surface area contributed by atoms with Gasteiger partial charge in [-0.1, -0.05) is 18.2 Å². The summed E-state index contributed by atoms with van der Waals surface area (Å²) < 4.78 is 0. The van der Waals surface area contributed by atoms with Gasteiger partial charge < -0.3 is 11.1 Å². The van der Waals surface area contributed by atoms with Crippen LogP contribution in [0.2, 0.25) is 0 Å². The molecule has 0 unspecified atom stereocenters. The van der Waals surface area contributed by atoms with Crippen LogP contribution in [0.3, 0.4) is 0 Å². The summed E-state index contributed by atoms with van der Waals surface area (Å²) in [7, 11) is 0. The fourth-order valence-corrected chi connectivity index (χ4v) is 1.83. The van der Waals surface area contributed by atoms with Crippen molar-refractivity contribution in [3.63, 3.8) is 0 Å². The molecule has 4 nitrogen and oxygen atoms in total. The number of carbonyl (C=O) groups excluding carboxylic acids is 1. The Labute approximate surface area is 113 Å². The second-order valence-corrected chi connectivity index (χ2v) is 5.50. The summed E-state index contributed by atoms with van der Waals surface area (Å²) in [6.45, 7) is 6.09. The SMILES string of the molecule is Cc1ccc2cccc(C(=O)NCC(C)(C)N)c2n1. The Morgan fingerprint density at radius 1 is 1.32 bits per heavy atom. The van der Waals surface area contributed by atoms with Gasteiger partial charge in [0, 0.05) is 23.2 Å². The number of nitrogens with two attached hydrogens (primary N) is 1. The Morgan fingerprint density at radius 2 is 2.05 bits per heavy atom. The molecular formula is C15H19N3O. The van der Waals surface area contributed by atoms with Crippen molar-refractivity contribution in [2.45, 2.75) is 26.3 Å². The van der Waals surface area contributed by atoms with Crippen LogP contribution in [-0.2, 0) is 0 Å². The van der Waals surface area contributed by atoms with Gasteiger partial charge in [0.15, 0.2) is 0 Å². The second kappa shape index (κ2) is 4.97. The number of para-hydroxylation sites is 1. The zero-order valence-electron chi connectivity index (χ0n) is 11.5. The Balaban J connectivity index is 2.34. The molecule has 0 aliphatic heterocycles. The first-order chi connectivity index (χ1) is 8.87. The summed E-state index contributed by atoms with van der Waals surface area (Å²) in [5.74, 6) is -0.137. The maximum Gasteiger partial charge on any atom is 0.253 e. The van der Waals surface area contributed by atoms with Gasteiger partial charge in [-0.3, -0.25) is 9.78 Å². The van der Waals surface area contributed by atoms with Crippen molar-refractivity contribution >= 4 is 16.8 Å². The predicted molar refractivity (Wildman–Crippen MR) is 77.1 cm³/mol. The Bertz CT molecular complexity index is 614. The van der Waals surface area contributed by atoms with Gasteiger partial charge in [-0.25, -0.2) is 0 Å². The average Bonchev–Trinajstić information content (AvgIpc) is 2.34. The molecule has 1 aromatic heterocycles. The van der Waals surface area contributed by atoms with E-state index in [4.69, 9.17) is 5.73 Å². The largest absolute Gasteiger partial charge is 0.350 e. The highest BCUT2D eigenvalue weighted by atomic mass is 16.1. The monoisotopic (exact) mass is 257 g/mol. The zero-order chi connectivity index (χ0) is 14.0. The molecule has 0 fully saturated rings. The van der Waals surface area contributed by atoms with Crippen molar-refractivity contribution in [3.05, 3.63) is 41.6 Å². The van der Waals surface area contributed by atoms with Crippen LogP contribution in [0.5, 0.6) is 0 Å². The Kier molecular flexibility index (Phi) is 3.53. The van der Waals surface area contributed by atoms with Crippen LogP contribution < -0.4 is 11.1 Å². The van der Waals surface area contributed by atoms with E-state index in [-0.39, 0.29) is 5.91 Å². The number of aryl methyl sites for hydroxylation is 1. The number of hydrogen-bond donors (Lipinski definition) is 2. The maximum atomic E-state index is 12.2. The van der Waals surface area contributed by atoms with Crippen LogP contribution in [0, 0.1) is 6.92 Å². The molecule has 1 heterocycles. The normalized spacial score (nSPS) is 11.6. The van der Waals surface area contributed by atoms with Gasteiger partial charge in [0.25, 0.3) is 5.91 Å². The van der Waals surface area contributed by atoms with E-state index in [1.165, 1.54) is 0 Å². The molecule has 0 saturated heterocycles. The fourth-order valence-electron chi connectivity index (χ4n) is 1.83. The first-order valence-electron chi connectivity index (χ1n) is 6.30. The molecule has 1 amide bonds. The minimum Gasteiger partial charge on any atom is -0.350 e. The molecule has 4 heteroatoms. The van der Waals surface area contributed by atoms with Crippen LogP contribution >= 0.6 is 0 Å². The highest BCUT2D eigenvalue weighted by Crippen LogP contribution is 2.17. The van der Waals surface area contributed by atoms with Gasteiger partial charge in [0.05, 0.1) is 11.1 Å². The van der Waals surface area contributed by atoms with Gasteiger partial charge in [-0.2, -0.15) is 0 Å². The smallest absolute Gasteiger partial charge is 0.253 e. The van der Waals surface area contributed by atoms with E-state index in [0.717, 1.165) is 16.6 Å². The molecule has 0 spiro atoms. The average molecular weight is 257 g/mol. The van der Waals surface area contributed by atoms with Gasteiger partial charge in [-0.05, 0) is 32.9 Å². The summed E-state index contributed by atoms with van der Waals surface area (Å²) in [5, 5.41) is 3.81. The van der Waals surface area contributed by atoms with Crippen LogP contribution in [0.25, 0.3) is 10.9 Å². The molecule has 2 rings (SSSR count). The molecule has 19 heavy (non-hydrogen) atoms. The molecule has 1 aromatic carbocycles.